The van der Waals surface area contributed by atoms with Gasteiger partial charge in [0.1, 0.15) is 5.82 Å². The summed E-state index contributed by atoms with van der Waals surface area (Å²) < 4.78 is 88.1. The molecule has 2 fully saturated rings. The molecule has 10 heteroatoms. The zero-order valence-electron chi connectivity index (χ0n) is 19.4. The minimum Gasteiger partial charge on any atom is -0.371 e. The molecule has 2 aromatic carbocycles. The van der Waals surface area contributed by atoms with E-state index in [-0.39, 0.29) is 30.2 Å². The standard InChI is InChI=1S/C26H25F6N3O/c1-35-10-9-33-23(35)20-14-24(17-5-3-2-4-6-17)22(8-7-21(20)34-24)36-15-16-11-18(25(27,28)29)13-19(12-16)26(30,31)32/h2-6,9-13,20-22,34H,7-8,14-15H2,1H3/t20-,21+,22-,24-/m1/s1. The number of alkyl halides is 6. The highest BCUT2D eigenvalue weighted by atomic mass is 19.4. The predicted octanol–water partition coefficient (Wildman–Crippen LogP) is 6.18. The summed E-state index contributed by atoms with van der Waals surface area (Å²) in [4.78, 5) is 4.54. The second-order valence-corrected chi connectivity index (χ2v) is 9.59. The maximum atomic E-state index is 13.3. The van der Waals surface area contributed by atoms with Crippen molar-refractivity contribution in [3.05, 3.63) is 89.0 Å². The Hall–Kier alpha value is -2.85. The average molecular weight is 509 g/mol. The lowest BCUT2D eigenvalue weighted by molar-refractivity contribution is -0.143. The quantitative estimate of drug-likeness (QED) is 0.418. The second kappa shape index (κ2) is 8.92. The predicted molar refractivity (Wildman–Crippen MR) is 120 cm³/mol. The van der Waals surface area contributed by atoms with Gasteiger partial charge in [-0.15, -0.1) is 0 Å². The molecular formula is C26H25F6N3O. The zero-order chi connectivity index (χ0) is 25.7. The topological polar surface area (TPSA) is 39.1 Å². The monoisotopic (exact) mass is 509 g/mol. The molecule has 2 saturated heterocycles. The third-order valence-corrected chi connectivity index (χ3v) is 7.34. The molecule has 1 N–H and O–H groups in total. The average Bonchev–Trinajstić information content (AvgIpc) is 3.39. The van der Waals surface area contributed by atoms with Crippen molar-refractivity contribution < 1.29 is 31.1 Å². The van der Waals surface area contributed by atoms with Crippen LogP contribution in [0.2, 0.25) is 0 Å². The Morgan fingerprint density at radius 3 is 2.25 bits per heavy atom. The van der Waals surface area contributed by atoms with Crippen molar-refractivity contribution in [2.75, 3.05) is 0 Å². The summed E-state index contributed by atoms with van der Waals surface area (Å²) in [5.74, 6) is 1.02. The Balaban J connectivity index is 1.46. The summed E-state index contributed by atoms with van der Waals surface area (Å²) in [6, 6.07) is 11.4. The van der Waals surface area contributed by atoms with Crippen molar-refractivity contribution in [1.82, 2.24) is 14.9 Å². The summed E-state index contributed by atoms with van der Waals surface area (Å²) >= 11 is 0. The molecular weight excluding hydrogens is 484 g/mol. The van der Waals surface area contributed by atoms with E-state index in [0.29, 0.717) is 12.8 Å². The molecule has 0 saturated carbocycles. The van der Waals surface area contributed by atoms with Gasteiger partial charge in [-0.2, -0.15) is 26.3 Å². The largest absolute Gasteiger partial charge is 0.416 e. The molecule has 0 aliphatic carbocycles. The van der Waals surface area contributed by atoms with Gasteiger partial charge >= 0.3 is 12.4 Å². The van der Waals surface area contributed by atoms with Crippen LogP contribution in [0, 0.1) is 0 Å². The zero-order valence-corrected chi connectivity index (χ0v) is 19.4. The molecule has 2 bridgehead atoms. The first kappa shape index (κ1) is 24.8. The van der Waals surface area contributed by atoms with Crippen LogP contribution in [0.5, 0.6) is 0 Å². The van der Waals surface area contributed by atoms with Crippen LogP contribution >= 0.6 is 0 Å². The van der Waals surface area contributed by atoms with Crippen molar-refractivity contribution >= 4 is 0 Å². The molecule has 2 aliphatic rings. The van der Waals surface area contributed by atoms with Crippen molar-refractivity contribution in [1.29, 1.82) is 0 Å². The highest BCUT2D eigenvalue weighted by molar-refractivity contribution is 5.35. The summed E-state index contributed by atoms with van der Waals surface area (Å²) in [5, 5.41) is 3.71. The van der Waals surface area contributed by atoms with Gasteiger partial charge in [0.15, 0.2) is 0 Å². The number of aromatic nitrogens is 2. The lowest BCUT2D eigenvalue weighted by Crippen LogP contribution is -2.54. The number of nitrogens with zero attached hydrogens (tertiary/aromatic N) is 2. The fraction of sp³-hybridized carbons (Fsp3) is 0.423. The highest BCUT2D eigenvalue weighted by Gasteiger charge is 2.55. The van der Waals surface area contributed by atoms with Crippen molar-refractivity contribution in [3.63, 3.8) is 0 Å². The van der Waals surface area contributed by atoms with Gasteiger partial charge in [-0.05, 0) is 48.6 Å². The Morgan fingerprint density at radius 2 is 1.67 bits per heavy atom. The fourth-order valence-electron chi connectivity index (χ4n) is 5.71. The van der Waals surface area contributed by atoms with Crippen molar-refractivity contribution in [2.45, 2.75) is 61.8 Å². The Kier molecular flexibility index (Phi) is 6.15. The lowest BCUT2D eigenvalue weighted by Gasteiger charge is -2.42. The van der Waals surface area contributed by atoms with Crippen LogP contribution in [0.4, 0.5) is 26.3 Å². The van der Waals surface area contributed by atoms with E-state index in [9.17, 15) is 26.3 Å². The number of rotatable bonds is 5. The van der Waals surface area contributed by atoms with E-state index in [0.717, 1.165) is 29.9 Å². The van der Waals surface area contributed by atoms with Gasteiger partial charge in [0.05, 0.1) is 29.4 Å². The molecule has 3 aromatic rings. The van der Waals surface area contributed by atoms with Gasteiger partial charge in [0.2, 0.25) is 0 Å². The highest BCUT2D eigenvalue weighted by Crippen LogP contribution is 2.50. The summed E-state index contributed by atoms with van der Waals surface area (Å²) in [6.45, 7) is -0.369. The SMILES string of the molecule is Cn1ccnc1[C@@H]1C[C@]2(c3ccccc3)N[C@H]1CC[C@H]2OCc1cc(C(F)(F)F)cc(C(F)(F)F)c1. The van der Waals surface area contributed by atoms with E-state index in [1.54, 1.807) is 6.20 Å². The van der Waals surface area contributed by atoms with Gasteiger partial charge in [-0.25, -0.2) is 4.98 Å². The molecule has 0 radical (unpaired) electrons. The molecule has 4 atom stereocenters. The van der Waals surface area contributed by atoms with E-state index in [1.807, 2.05) is 48.1 Å². The number of hydrogen-bond donors (Lipinski definition) is 1. The first-order valence-electron chi connectivity index (χ1n) is 11.7. The van der Waals surface area contributed by atoms with E-state index in [1.165, 1.54) is 0 Å². The van der Waals surface area contributed by atoms with E-state index in [2.05, 4.69) is 10.3 Å². The molecule has 1 aromatic heterocycles. The first-order valence-corrected chi connectivity index (χ1v) is 11.7. The minimum atomic E-state index is -4.90. The van der Waals surface area contributed by atoms with Gasteiger partial charge in [0, 0.05) is 31.4 Å². The molecule has 3 heterocycles. The van der Waals surface area contributed by atoms with Crippen LogP contribution in [0.1, 0.15) is 53.3 Å². The summed E-state index contributed by atoms with van der Waals surface area (Å²) in [6.07, 6.45) is -4.63. The Morgan fingerprint density at radius 1 is 1.00 bits per heavy atom. The number of imidazole rings is 1. The number of benzene rings is 2. The van der Waals surface area contributed by atoms with Crippen molar-refractivity contribution in [2.24, 2.45) is 7.05 Å². The number of hydrogen-bond acceptors (Lipinski definition) is 3. The van der Waals surface area contributed by atoms with Crippen LogP contribution < -0.4 is 5.32 Å². The number of ether oxygens (including phenoxy) is 1. The summed E-state index contributed by atoms with van der Waals surface area (Å²) in [5.41, 5.74) is -2.52. The van der Waals surface area contributed by atoms with E-state index >= 15 is 0 Å². The first-order chi connectivity index (χ1) is 17.0. The van der Waals surface area contributed by atoms with Gasteiger partial charge in [-0.1, -0.05) is 30.3 Å². The minimum absolute atomic E-state index is 0.0872. The Bertz CT molecular complexity index is 1190. The number of halogens is 6. The number of piperidine rings is 1. The van der Waals surface area contributed by atoms with Crippen LogP contribution in [-0.2, 0) is 36.3 Å². The normalized spacial score (nSPS) is 26.4. The molecule has 0 unspecified atom stereocenters. The van der Waals surface area contributed by atoms with Gasteiger partial charge in [0.25, 0.3) is 0 Å². The molecule has 5 rings (SSSR count). The third kappa shape index (κ3) is 4.52. The number of fused-ring (bicyclic) bond motifs is 2. The molecule has 36 heavy (non-hydrogen) atoms. The summed E-state index contributed by atoms with van der Waals surface area (Å²) in [7, 11) is 1.93. The second-order valence-electron chi connectivity index (χ2n) is 9.59. The lowest BCUT2D eigenvalue weighted by atomic mass is 9.80. The molecule has 0 spiro atoms. The Labute approximate surface area is 204 Å². The van der Waals surface area contributed by atoms with Crippen LogP contribution in [0.25, 0.3) is 0 Å². The maximum absolute atomic E-state index is 13.3. The number of aryl methyl sites for hydroxylation is 1. The molecule has 192 valence electrons. The fourth-order valence-corrected chi connectivity index (χ4v) is 5.71. The van der Waals surface area contributed by atoms with E-state index in [4.69, 9.17) is 4.74 Å². The molecule has 0 amide bonds. The van der Waals surface area contributed by atoms with Crippen LogP contribution in [0.3, 0.4) is 0 Å². The van der Waals surface area contributed by atoms with E-state index < -0.39 is 35.1 Å². The van der Waals surface area contributed by atoms with Crippen LogP contribution in [-0.4, -0.2) is 21.7 Å². The van der Waals surface area contributed by atoms with Gasteiger partial charge < -0.3 is 14.6 Å². The van der Waals surface area contributed by atoms with Crippen LogP contribution in [0.15, 0.2) is 60.9 Å². The molecule has 2 aliphatic heterocycles. The number of nitrogens with one attached hydrogen (secondary N) is 1. The van der Waals surface area contributed by atoms with Gasteiger partial charge in [-0.3, -0.25) is 0 Å². The smallest absolute Gasteiger partial charge is 0.371 e. The van der Waals surface area contributed by atoms with Crippen molar-refractivity contribution in [3.8, 4) is 0 Å². The maximum Gasteiger partial charge on any atom is 0.416 e. The molecule has 4 nitrogen and oxygen atoms in total. The third-order valence-electron chi connectivity index (χ3n) is 7.34.